The van der Waals surface area contributed by atoms with Crippen LogP contribution in [0.5, 0.6) is 0 Å². The molecule has 10 aromatic rings. The van der Waals surface area contributed by atoms with E-state index in [9.17, 15) is 0 Å². The van der Waals surface area contributed by atoms with Crippen LogP contribution in [0.3, 0.4) is 0 Å². The van der Waals surface area contributed by atoms with Gasteiger partial charge < -0.3 is 9.23 Å². The van der Waals surface area contributed by atoms with Crippen LogP contribution in [0.2, 0.25) is 0 Å². The third-order valence-electron chi connectivity index (χ3n) is 10.5. The average molecular weight is 650 g/mol. The first kappa shape index (κ1) is 28.2. The number of furan rings is 1. The molecule has 0 spiro atoms. The Labute approximate surface area is 294 Å². The van der Waals surface area contributed by atoms with Crippen LogP contribution in [0.4, 0.5) is 11.6 Å². The second kappa shape index (κ2) is 10.9. The lowest BCUT2D eigenvalue weighted by atomic mass is 9.45. The number of nitrogens with zero attached hydrogens (tertiary/aromatic N) is 3. The summed E-state index contributed by atoms with van der Waals surface area (Å²) in [6, 6.07) is 60.0. The van der Waals surface area contributed by atoms with Crippen molar-refractivity contribution in [3.63, 3.8) is 0 Å². The summed E-state index contributed by atoms with van der Waals surface area (Å²) >= 11 is 0. The molecule has 51 heavy (non-hydrogen) atoms. The Balaban J connectivity index is 1.38. The zero-order valence-electron chi connectivity index (χ0n) is 27.5. The van der Waals surface area contributed by atoms with Gasteiger partial charge in [-0.2, -0.15) is 0 Å². The molecule has 8 aromatic carbocycles. The van der Waals surface area contributed by atoms with Crippen LogP contribution >= 0.6 is 0 Å². The molecule has 0 unspecified atom stereocenters. The predicted molar refractivity (Wildman–Crippen MR) is 213 cm³/mol. The minimum atomic E-state index is -0.262. The van der Waals surface area contributed by atoms with Gasteiger partial charge in [-0.15, -0.1) is 0 Å². The van der Waals surface area contributed by atoms with Crippen LogP contribution in [0, 0.1) is 0 Å². The van der Waals surface area contributed by atoms with Gasteiger partial charge in [0.15, 0.2) is 5.58 Å². The van der Waals surface area contributed by atoms with E-state index in [2.05, 4.69) is 163 Å². The fourth-order valence-electron chi connectivity index (χ4n) is 8.36. The smallest absolute Gasteiger partial charge is 0.332 e. The first-order valence-corrected chi connectivity index (χ1v) is 17.4. The van der Waals surface area contributed by atoms with Crippen LogP contribution in [0.25, 0.3) is 76.8 Å². The van der Waals surface area contributed by atoms with E-state index >= 15 is 0 Å². The van der Waals surface area contributed by atoms with E-state index in [-0.39, 0.29) is 6.85 Å². The van der Waals surface area contributed by atoms with Gasteiger partial charge in [-0.1, -0.05) is 163 Å². The summed E-state index contributed by atoms with van der Waals surface area (Å²) in [4.78, 5) is 13.3. The summed E-state index contributed by atoms with van der Waals surface area (Å²) in [5.41, 5.74) is 10.2. The fraction of sp³-hybridized carbons (Fsp3) is 0. The second-order valence-electron chi connectivity index (χ2n) is 13.3. The summed E-state index contributed by atoms with van der Waals surface area (Å²) in [5, 5.41) is 7.94. The number of para-hydroxylation sites is 2. The maximum absolute atomic E-state index is 7.00. The molecule has 5 heteroatoms. The first-order chi connectivity index (χ1) is 25.3. The molecular formula is C46H28BN3O. The Bertz CT molecular complexity index is 2990. The van der Waals surface area contributed by atoms with Gasteiger partial charge in [-0.3, -0.25) is 0 Å². The second-order valence-corrected chi connectivity index (χ2v) is 13.3. The van der Waals surface area contributed by atoms with Gasteiger partial charge in [0.25, 0.3) is 0 Å². The topological polar surface area (TPSA) is 42.2 Å². The van der Waals surface area contributed by atoms with E-state index in [1.165, 1.54) is 27.2 Å². The standard InChI is InChI=1S/C46H28BN3O/c1-3-16-30(17-4-1)43-35-23-11-13-25-38(35)48-46(49-43)50-44-40(33-21-9-10-22-34(33)41-36-24-12-14-26-39(36)51-45(41)44)37-28-27-29-15-7-8-20-32(29)42(37)47(50)31-18-5-2-6-19-31/h1-28H. The van der Waals surface area contributed by atoms with E-state index in [0.29, 0.717) is 5.95 Å². The number of anilines is 2. The summed E-state index contributed by atoms with van der Waals surface area (Å²) in [6.07, 6.45) is 0. The van der Waals surface area contributed by atoms with Gasteiger partial charge in [0.2, 0.25) is 5.95 Å². The molecule has 11 rings (SSSR count). The van der Waals surface area contributed by atoms with Crippen molar-refractivity contribution in [2.75, 3.05) is 4.81 Å². The Morgan fingerprint density at radius 3 is 1.98 bits per heavy atom. The molecule has 0 N–H and O–H groups in total. The number of aromatic nitrogens is 2. The van der Waals surface area contributed by atoms with Crippen molar-refractivity contribution in [2.24, 2.45) is 0 Å². The highest BCUT2D eigenvalue weighted by molar-refractivity contribution is 6.92. The molecule has 0 saturated carbocycles. The van der Waals surface area contributed by atoms with Gasteiger partial charge in [0.1, 0.15) is 5.58 Å². The highest BCUT2D eigenvalue weighted by Crippen LogP contribution is 2.51. The molecule has 4 nitrogen and oxygen atoms in total. The molecular weight excluding hydrogens is 621 g/mol. The third kappa shape index (κ3) is 4.09. The quantitative estimate of drug-likeness (QED) is 0.179. The number of benzene rings is 8. The molecule has 2 aromatic heterocycles. The van der Waals surface area contributed by atoms with Gasteiger partial charge in [-0.25, -0.2) is 9.97 Å². The van der Waals surface area contributed by atoms with Crippen molar-refractivity contribution < 1.29 is 4.42 Å². The average Bonchev–Trinajstić information content (AvgIpc) is 3.60. The van der Waals surface area contributed by atoms with Crippen LogP contribution in [0.1, 0.15) is 0 Å². The van der Waals surface area contributed by atoms with E-state index < -0.39 is 0 Å². The highest BCUT2D eigenvalue weighted by atomic mass is 16.3. The summed E-state index contributed by atoms with van der Waals surface area (Å²) in [6.45, 7) is -0.262. The van der Waals surface area contributed by atoms with Crippen molar-refractivity contribution in [2.45, 2.75) is 0 Å². The lowest BCUT2D eigenvalue weighted by Gasteiger charge is -2.38. The number of fused-ring (bicyclic) bond motifs is 13. The summed E-state index contributed by atoms with van der Waals surface area (Å²) in [7, 11) is 0. The van der Waals surface area contributed by atoms with E-state index in [1.54, 1.807) is 0 Å². The Morgan fingerprint density at radius 2 is 1.16 bits per heavy atom. The number of hydrogen-bond acceptors (Lipinski definition) is 4. The lowest BCUT2D eigenvalue weighted by molar-refractivity contribution is 0.669. The molecule has 1 aliphatic heterocycles. The Kier molecular flexibility index (Phi) is 6.01. The van der Waals surface area contributed by atoms with Crippen LogP contribution in [-0.2, 0) is 0 Å². The minimum absolute atomic E-state index is 0.262. The van der Waals surface area contributed by atoms with Crippen molar-refractivity contribution in [1.82, 2.24) is 9.97 Å². The highest BCUT2D eigenvalue weighted by Gasteiger charge is 2.43. The van der Waals surface area contributed by atoms with Crippen molar-refractivity contribution in [3.8, 4) is 22.4 Å². The molecule has 1 aliphatic rings. The molecule has 0 aliphatic carbocycles. The molecule has 0 amide bonds. The van der Waals surface area contributed by atoms with Gasteiger partial charge in [-0.05, 0) is 44.7 Å². The number of hydrogen-bond donors (Lipinski definition) is 0. The maximum atomic E-state index is 7.00. The molecule has 0 saturated heterocycles. The minimum Gasteiger partial charge on any atom is -0.454 e. The van der Waals surface area contributed by atoms with E-state index in [1.807, 2.05) is 12.1 Å². The molecule has 0 radical (unpaired) electrons. The zero-order chi connectivity index (χ0) is 33.5. The summed E-state index contributed by atoms with van der Waals surface area (Å²) in [5.74, 6) is 0.623. The molecule has 236 valence electrons. The van der Waals surface area contributed by atoms with E-state index in [4.69, 9.17) is 14.4 Å². The Morgan fingerprint density at radius 1 is 0.510 bits per heavy atom. The largest absolute Gasteiger partial charge is 0.454 e. The van der Waals surface area contributed by atoms with Crippen molar-refractivity contribution in [3.05, 3.63) is 170 Å². The fourth-order valence-corrected chi connectivity index (χ4v) is 8.36. The SMILES string of the molecule is c1ccc(B2c3c(ccc4ccccc34)-c3c(c4oc5ccccc5c4c4ccccc34)N2c2nc(-c3ccccc3)c3ccccc3n2)cc1. The molecule has 0 bridgehead atoms. The van der Waals surface area contributed by atoms with Crippen LogP contribution in [0.15, 0.2) is 174 Å². The Hall–Kier alpha value is -6.72. The molecule has 0 atom stereocenters. The maximum Gasteiger partial charge on any atom is 0.332 e. The normalized spacial score (nSPS) is 12.6. The van der Waals surface area contributed by atoms with Gasteiger partial charge in [0, 0.05) is 27.3 Å². The van der Waals surface area contributed by atoms with E-state index in [0.717, 1.165) is 66.2 Å². The lowest BCUT2D eigenvalue weighted by Crippen LogP contribution is -2.58. The van der Waals surface area contributed by atoms with Crippen molar-refractivity contribution >= 4 is 83.8 Å². The van der Waals surface area contributed by atoms with Gasteiger partial charge in [0.05, 0.1) is 16.9 Å². The molecule has 3 heterocycles. The monoisotopic (exact) mass is 649 g/mol. The predicted octanol–water partition coefficient (Wildman–Crippen LogP) is 10.4. The third-order valence-corrected chi connectivity index (χ3v) is 10.5. The van der Waals surface area contributed by atoms with Crippen LogP contribution in [-0.4, -0.2) is 16.8 Å². The van der Waals surface area contributed by atoms with Gasteiger partial charge >= 0.3 is 6.85 Å². The number of rotatable bonds is 3. The van der Waals surface area contributed by atoms with Crippen molar-refractivity contribution in [1.29, 1.82) is 0 Å². The first-order valence-electron chi connectivity index (χ1n) is 17.4. The molecule has 0 fully saturated rings. The van der Waals surface area contributed by atoms with Crippen LogP contribution < -0.4 is 15.7 Å². The summed E-state index contributed by atoms with van der Waals surface area (Å²) < 4.78 is 7.00. The zero-order valence-corrected chi connectivity index (χ0v) is 27.5.